The molecule has 0 aliphatic rings. The summed E-state index contributed by atoms with van der Waals surface area (Å²) in [5, 5.41) is 4.48. The van der Waals surface area contributed by atoms with Crippen LogP contribution in [0.5, 0.6) is 0 Å². The number of nitrogens with two attached hydrogens (primary N) is 1. The summed E-state index contributed by atoms with van der Waals surface area (Å²) in [6.45, 7) is 1.89. The zero-order valence-electron chi connectivity index (χ0n) is 10.5. The van der Waals surface area contributed by atoms with Gasteiger partial charge in [0, 0.05) is 23.4 Å². The Morgan fingerprint density at radius 2 is 2.15 bits per heavy atom. The van der Waals surface area contributed by atoms with E-state index in [1.807, 2.05) is 19.1 Å². The molecule has 0 amide bonds. The van der Waals surface area contributed by atoms with Crippen molar-refractivity contribution in [2.24, 2.45) is 0 Å². The van der Waals surface area contributed by atoms with Gasteiger partial charge in [0.2, 0.25) is 0 Å². The van der Waals surface area contributed by atoms with Crippen LogP contribution in [0.4, 0.5) is 5.82 Å². The van der Waals surface area contributed by atoms with Crippen LogP contribution in [0.3, 0.4) is 0 Å². The molecule has 0 saturated carbocycles. The molecule has 0 aliphatic carbocycles. The molecule has 0 bridgehead atoms. The third-order valence-corrected chi connectivity index (χ3v) is 4.15. The van der Waals surface area contributed by atoms with Gasteiger partial charge in [-0.05, 0) is 35.0 Å². The first kappa shape index (κ1) is 13.3. The zero-order valence-corrected chi connectivity index (χ0v) is 12.9. The summed E-state index contributed by atoms with van der Waals surface area (Å²) in [5.41, 5.74) is 8.62. The highest BCUT2D eigenvalue weighted by Crippen LogP contribution is 2.23. The van der Waals surface area contributed by atoms with Gasteiger partial charge in [-0.2, -0.15) is 14.6 Å². The third kappa shape index (κ3) is 2.23. The summed E-state index contributed by atoms with van der Waals surface area (Å²) in [6.07, 6.45) is 1.96. The van der Waals surface area contributed by atoms with Gasteiger partial charge in [-0.3, -0.25) is 0 Å². The lowest BCUT2D eigenvalue weighted by Gasteiger charge is -2.10. The van der Waals surface area contributed by atoms with Crippen molar-refractivity contribution >= 4 is 39.1 Å². The number of hydrogen-bond donors (Lipinski definition) is 1. The van der Waals surface area contributed by atoms with Gasteiger partial charge in [0.15, 0.2) is 0 Å². The second-order valence-electron chi connectivity index (χ2n) is 4.28. The molecular weight excluding hydrogens is 344 g/mol. The lowest BCUT2D eigenvalue weighted by atomic mass is 10.1. The Kier molecular flexibility index (Phi) is 3.31. The molecule has 20 heavy (non-hydrogen) atoms. The quantitative estimate of drug-likeness (QED) is 0.715. The maximum absolute atomic E-state index is 6.13. The fraction of sp³-hybridized carbons (Fsp3) is 0.167. The van der Waals surface area contributed by atoms with Crippen LogP contribution in [0.25, 0.3) is 5.78 Å². The summed E-state index contributed by atoms with van der Waals surface area (Å²) in [6, 6.07) is 3.75. The van der Waals surface area contributed by atoms with E-state index in [-0.39, 0.29) is 0 Å². The topological polar surface area (TPSA) is 82.0 Å². The van der Waals surface area contributed by atoms with Crippen LogP contribution in [0.1, 0.15) is 17.0 Å². The van der Waals surface area contributed by atoms with Crippen molar-refractivity contribution in [2.75, 3.05) is 5.73 Å². The average molecular weight is 354 g/mol. The Balaban J connectivity index is 2.07. The molecule has 0 radical (unpaired) electrons. The molecule has 6 nitrogen and oxygen atoms in total. The number of aromatic nitrogens is 5. The minimum absolute atomic E-state index is 0.425. The standard InChI is InChI=1S/C12H10BrClN6/c1-6-8(4-7-2-3-9(13)10(14)19-7)11(15)20-12(18-6)16-5-17-20/h2-3,5H,4,15H2,1H3. The Labute approximate surface area is 128 Å². The molecule has 8 heteroatoms. The Morgan fingerprint density at radius 1 is 1.35 bits per heavy atom. The normalized spacial score (nSPS) is 11.2. The smallest absolute Gasteiger partial charge is 0.254 e. The maximum atomic E-state index is 6.13. The van der Waals surface area contributed by atoms with Crippen molar-refractivity contribution in [1.82, 2.24) is 24.6 Å². The molecule has 3 heterocycles. The summed E-state index contributed by atoms with van der Waals surface area (Å²) in [5.74, 6) is 1.01. The van der Waals surface area contributed by atoms with Gasteiger partial charge in [-0.25, -0.2) is 9.97 Å². The Morgan fingerprint density at radius 3 is 2.90 bits per heavy atom. The van der Waals surface area contributed by atoms with E-state index in [0.29, 0.717) is 23.2 Å². The molecule has 3 aromatic rings. The summed E-state index contributed by atoms with van der Waals surface area (Å²) in [7, 11) is 0. The number of pyridine rings is 1. The van der Waals surface area contributed by atoms with Crippen molar-refractivity contribution in [2.45, 2.75) is 13.3 Å². The van der Waals surface area contributed by atoms with Crippen molar-refractivity contribution < 1.29 is 0 Å². The predicted molar refractivity (Wildman–Crippen MR) is 79.7 cm³/mol. The van der Waals surface area contributed by atoms with E-state index in [9.17, 15) is 0 Å². The summed E-state index contributed by atoms with van der Waals surface area (Å²) < 4.78 is 2.28. The molecule has 0 aromatic carbocycles. The molecule has 0 unspecified atom stereocenters. The van der Waals surface area contributed by atoms with Gasteiger partial charge in [0.05, 0.1) is 4.47 Å². The second-order valence-corrected chi connectivity index (χ2v) is 5.50. The number of halogens is 2. The molecule has 0 saturated heterocycles. The molecule has 0 atom stereocenters. The molecule has 102 valence electrons. The number of hydrogen-bond acceptors (Lipinski definition) is 5. The number of rotatable bonds is 2. The van der Waals surface area contributed by atoms with E-state index >= 15 is 0 Å². The van der Waals surface area contributed by atoms with Crippen LogP contribution in [0, 0.1) is 6.92 Å². The Bertz CT molecular complexity index is 800. The van der Waals surface area contributed by atoms with Gasteiger partial charge in [-0.1, -0.05) is 11.6 Å². The zero-order chi connectivity index (χ0) is 14.3. The minimum atomic E-state index is 0.425. The van der Waals surface area contributed by atoms with Crippen molar-refractivity contribution in [3.63, 3.8) is 0 Å². The van der Waals surface area contributed by atoms with Gasteiger partial charge in [0.25, 0.3) is 5.78 Å². The maximum Gasteiger partial charge on any atom is 0.254 e. The summed E-state index contributed by atoms with van der Waals surface area (Å²) in [4.78, 5) is 12.7. The van der Waals surface area contributed by atoms with Crippen LogP contribution in [-0.4, -0.2) is 24.6 Å². The first-order chi connectivity index (χ1) is 9.56. The number of nitrogen functional groups attached to an aromatic ring is 1. The van der Waals surface area contributed by atoms with E-state index in [4.69, 9.17) is 17.3 Å². The monoisotopic (exact) mass is 352 g/mol. The van der Waals surface area contributed by atoms with Crippen molar-refractivity contribution in [3.05, 3.63) is 45.0 Å². The molecule has 3 rings (SSSR count). The fourth-order valence-corrected chi connectivity index (χ4v) is 2.36. The minimum Gasteiger partial charge on any atom is -0.383 e. The SMILES string of the molecule is Cc1nc2ncnn2c(N)c1Cc1ccc(Br)c(Cl)n1. The number of aryl methyl sites for hydroxylation is 1. The van der Waals surface area contributed by atoms with Crippen molar-refractivity contribution in [1.29, 1.82) is 0 Å². The molecule has 3 aromatic heterocycles. The molecule has 0 aliphatic heterocycles. The fourth-order valence-electron chi connectivity index (χ4n) is 1.97. The van der Waals surface area contributed by atoms with E-state index in [1.54, 1.807) is 0 Å². The molecule has 0 spiro atoms. The first-order valence-electron chi connectivity index (χ1n) is 5.82. The van der Waals surface area contributed by atoms with E-state index in [1.165, 1.54) is 10.8 Å². The Hall–Kier alpha value is -1.73. The van der Waals surface area contributed by atoms with Gasteiger partial charge >= 0.3 is 0 Å². The highest BCUT2D eigenvalue weighted by molar-refractivity contribution is 9.10. The van der Waals surface area contributed by atoms with Crippen LogP contribution in [-0.2, 0) is 6.42 Å². The molecule has 2 N–H and O–H groups in total. The summed E-state index contributed by atoms with van der Waals surface area (Å²) >= 11 is 9.32. The van der Waals surface area contributed by atoms with E-state index in [0.717, 1.165) is 21.4 Å². The van der Waals surface area contributed by atoms with E-state index in [2.05, 4.69) is 36.0 Å². The number of anilines is 1. The van der Waals surface area contributed by atoms with Gasteiger partial charge in [-0.15, -0.1) is 0 Å². The highest BCUT2D eigenvalue weighted by atomic mass is 79.9. The lowest BCUT2D eigenvalue weighted by Crippen LogP contribution is -2.09. The highest BCUT2D eigenvalue weighted by Gasteiger charge is 2.13. The lowest BCUT2D eigenvalue weighted by molar-refractivity contribution is 0.907. The van der Waals surface area contributed by atoms with Crippen LogP contribution in [0.15, 0.2) is 22.9 Å². The first-order valence-corrected chi connectivity index (χ1v) is 6.99. The third-order valence-electron chi connectivity index (χ3n) is 2.99. The predicted octanol–water partition coefficient (Wildman–Crippen LogP) is 2.42. The van der Waals surface area contributed by atoms with Gasteiger partial charge in [0.1, 0.15) is 17.3 Å². The van der Waals surface area contributed by atoms with Crippen molar-refractivity contribution in [3.8, 4) is 0 Å². The van der Waals surface area contributed by atoms with Crippen LogP contribution >= 0.6 is 27.5 Å². The number of fused-ring (bicyclic) bond motifs is 1. The van der Waals surface area contributed by atoms with Crippen LogP contribution < -0.4 is 5.73 Å². The van der Waals surface area contributed by atoms with Gasteiger partial charge < -0.3 is 5.73 Å². The number of nitrogens with zero attached hydrogens (tertiary/aromatic N) is 5. The van der Waals surface area contributed by atoms with Crippen LogP contribution in [0.2, 0.25) is 5.15 Å². The molecular formula is C12H10BrClN6. The average Bonchev–Trinajstić information content (AvgIpc) is 2.87. The van der Waals surface area contributed by atoms with E-state index < -0.39 is 0 Å². The second kappa shape index (κ2) is 4.99. The largest absolute Gasteiger partial charge is 0.383 e. The molecule has 0 fully saturated rings.